The van der Waals surface area contributed by atoms with E-state index in [9.17, 15) is 0 Å². The first-order valence-corrected chi connectivity index (χ1v) is 10.3. The number of aromatic amines is 1. The van der Waals surface area contributed by atoms with Gasteiger partial charge in [0.2, 0.25) is 0 Å². The third-order valence-electron chi connectivity index (χ3n) is 6.07. The highest BCUT2D eigenvalue weighted by Gasteiger charge is 2.26. The summed E-state index contributed by atoms with van der Waals surface area (Å²) in [5.74, 6) is 1.30. The van der Waals surface area contributed by atoms with E-state index in [1.807, 2.05) is 24.4 Å². The zero-order chi connectivity index (χ0) is 19.3. The Morgan fingerprint density at radius 1 is 1.14 bits per heavy atom. The Morgan fingerprint density at radius 2 is 1.93 bits per heavy atom. The lowest BCUT2D eigenvalue weighted by molar-refractivity contribution is 0.195. The molecule has 0 aliphatic carbocycles. The SMILES string of the molecule is COc1cc(C#N)ccc1CN1CCCC(c2[nH]ncc2CN2CCCC2)C1. The fraction of sp³-hybridized carbons (Fsp3) is 0.545. The zero-order valence-electron chi connectivity index (χ0n) is 16.7. The van der Waals surface area contributed by atoms with Crippen LogP contribution in [0.4, 0.5) is 0 Å². The van der Waals surface area contributed by atoms with Crippen molar-refractivity contribution in [3.63, 3.8) is 0 Å². The van der Waals surface area contributed by atoms with Gasteiger partial charge in [-0.1, -0.05) is 6.07 Å². The Morgan fingerprint density at radius 3 is 2.71 bits per heavy atom. The van der Waals surface area contributed by atoms with Crippen molar-refractivity contribution < 1.29 is 4.74 Å². The molecule has 1 unspecified atom stereocenters. The van der Waals surface area contributed by atoms with E-state index in [-0.39, 0.29) is 0 Å². The van der Waals surface area contributed by atoms with Crippen LogP contribution in [0.5, 0.6) is 5.75 Å². The van der Waals surface area contributed by atoms with Crippen LogP contribution in [0.1, 0.15) is 54.0 Å². The molecule has 2 aliphatic rings. The molecule has 2 saturated heterocycles. The van der Waals surface area contributed by atoms with Gasteiger partial charge in [0.05, 0.1) is 24.9 Å². The summed E-state index contributed by atoms with van der Waals surface area (Å²) in [6.45, 7) is 6.40. The van der Waals surface area contributed by atoms with Crippen molar-refractivity contribution in [1.29, 1.82) is 5.26 Å². The molecule has 6 heteroatoms. The lowest BCUT2D eigenvalue weighted by Gasteiger charge is -2.33. The molecule has 1 aromatic carbocycles. The highest BCUT2D eigenvalue weighted by atomic mass is 16.5. The summed E-state index contributed by atoms with van der Waals surface area (Å²) in [5.41, 5.74) is 4.47. The second-order valence-electron chi connectivity index (χ2n) is 8.00. The average Bonchev–Trinajstić information content (AvgIpc) is 3.41. The monoisotopic (exact) mass is 379 g/mol. The van der Waals surface area contributed by atoms with Crippen LogP contribution < -0.4 is 4.74 Å². The first kappa shape index (κ1) is 19.0. The molecule has 148 valence electrons. The molecule has 2 fully saturated rings. The topological polar surface area (TPSA) is 68.2 Å². The van der Waals surface area contributed by atoms with Crippen molar-refractivity contribution in [1.82, 2.24) is 20.0 Å². The van der Waals surface area contributed by atoms with E-state index < -0.39 is 0 Å². The molecule has 0 amide bonds. The van der Waals surface area contributed by atoms with E-state index in [4.69, 9.17) is 10.00 Å². The highest BCUT2D eigenvalue weighted by Crippen LogP contribution is 2.31. The highest BCUT2D eigenvalue weighted by molar-refractivity contribution is 5.42. The number of nitriles is 1. The Kier molecular flexibility index (Phi) is 5.94. The lowest BCUT2D eigenvalue weighted by atomic mass is 9.92. The zero-order valence-corrected chi connectivity index (χ0v) is 16.7. The molecule has 1 atom stereocenters. The second kappa shape index (κ2) is 8.76. The summed E-state index contributed by atoms with van der Waals surface area (Å²) in [4.78, 5) is 5.04. The number of rotatable bonds is 6. The molecule has 0 spiro atoms. The van der Waals surface area contributed by atoms with Gasteiger partial charge in [-0.15, -0.1) is 0 Å². The molecule has 0 saturated carbocycles. The molecule has 28 heavy (non-hydrogen) atoms. The molecule has 4 rings (SSSR count). The Balaban J connectivity index is 1.44. The van der Waals surface area contributed by atoms with Gasteiger partial charge in [-0.2, -0.15) is 10.4 Å². The van der Waals surface area contributed by atoms with Crippen LogP contribution in [-0.2, 0) is 13.1 Å². The Bertz CT molecular complexity index is 834. The first-order valence-electron chi connectivity index (χ1n) is 10.3. The third kappa shape index (κ3) is 4.21. The molecule has 6 nitrogen and oxygen atoms in total. The maximum absolute atomic E-state index is 9.11. The number of ether oxygens (including phenoxy) is 1. The minimum atomic E-state index is 0.498. The molecule has 0 bridgehead atoms. The van der Waals surface area contributed by atoms with Gasteiger partial charge in [-0.3, -0.25) is 14.9 Å². The predicted octanol–water partition coefficient (Wildman–Crippen LogP) is 3.27. The van der Waals surface area contributed by atoms with Crippen LogP contribution in [0.15, 0.2) is 24.4 Å². The number of H-pyrrole nitrogens is 1. The summed E-state index contributed by atoms with van der Waals surface area (Å²) < 4.78 is 5.52. The van der Waals surface area contributed by atoms with Gasteiger partial charge in [0.25, 0.3) is 0 Å². The minimum absolute atomic E-state index is 0.498. The van der Waals surface area contributed by atoms with Crippen molar-refractivity contribution >= 4 is 0 Å². The molecule has 0 radical (unpaired) electrons. The predicted molar refractivity (Wildman–Crippen MR) is 108 cm³/mol. The Labute approximate surface area is 167 Å². The summed E-state index contributed by atoms with van der Waals surface area (Å²) in [6, 6.07) is 7.92. The lowest BCUT2D eigenvalue weighted by Crippen LogP contribution is -2.34. The Hall–Kier alpha value is -2.36. The first-order chi connectivity index (χ1) is 13.8. The normalized spacial score (nSPS) is 20.9. The van der Waals surface area contributed by atoms with Crippen LogP contribution in [0, 0.1) is 11.3 Å². The van der Waals surface area contributed by atoms with Gasteiger partial charge in [-0.05, 0) is 57.5 Å². The molecule has 1 aromatic heterocycles. The van der Waals surface area contributed by atoms with E-state index in [0.29, 0.717) is 11.5 Å². The fourth-order valence-electron chi connectivity index (χ4n) is 4.60. The van der Waals surface area contributed by atoms with Gasteiger partial charge in [0, 0.05) is 42.4 Å². The smallest absolute Gasteiger partial charge is 0.124 e. The van der Waals surface area contributed by atoms with Crippen molar-refractivity contribution in [2.45, 2.75) is 44.7 Å². The van der Waals surface area contributed by atoms with Crippen molar-refractivity contribution in [2.24, 2.45) is 0 Å². The molecular formula is C22H29N5O. The quantitative estimate of drug-likeness (QED) is 0.834. The van der Waals surface area contributed by atoms with Crippen LogP contribution in [0.3, 0.4) is 0 Å². The largest absolute Gasteiger partial charge is 0.496 e. The van der Waals surface area contributed by atoms with E-state index in [0.717, 1.165) is 37.5 Å². The van der Waals surface area contributed by atoms with E-state index in [2.05, 4.69) is 26.1 Å². The van der Waals surface area contributed by atoms with E-state index >= 15 is 0 Å². The number of methoxy groups -OCH3 is 1. The van der Waals surface area contributed by atoms with Gasteiger partial charge in [0.15, 0.2) is 0 Å². The van der Waals surface area contributed by atoms with Gasteiger partial charge in [-0.25, -0.2) is 0 Å². The number of aromatic nitrogens is 2. The van der Waals surface area contributed by atoms with Crippen LogP contribution in [0.2, 0.25) is 0 Å². The molecule has 2 aromatic rings. The number of benzene rings is 1. The maximum Gasteiger partial charge on any atom is 0.124 e. The van der Waals surface area contributed by atoms with Gasteiger partial charge in [0.1, 0.15) is 5.75 Å². The number of hydrogen-bond acceptors (Lipinski definition) is 5. The van der Waals surface area contributed by atoms with Crippen LogP contribution >= 0.6 is 0 Å². The van der Waals surface area contributed by atoms with E-state index in [1.54, 1.807) is 7.11 Å². The third-order valence-corrected chi connectivity index (χ3v) is 6.07. The number of hydrogen-bond donors (Lipinski definition) is 1. The number of nitrogens with one attached hydrogen (secondary N) is 1. The molecule has 1 N–H and O–H groups in total. The van der Waals surface area contributed by atoms with Crippen molar-refractivity contribution in [2.75, 3.05) is 33.3 Å². The van der Waals surface area contributed by atoms with Crippen LogP contribution in [0.25, 0.3) is 0 Å². The fourth-order valence-corrected chi connectivity index (χ4v) is 4.60. The summed E-state index contributed by atoms with van der Waals surface area (Å²) in [7, 11) is 1.67. The number of likely N-dealkylation sites (tertiary alicyclic amines) is 2. The number of nitrogens with zero attached hydrogens (tertiary/aromatic N) is 4. The standard InChI is InChI=1S/C22H29N5O/c1-28-21-11-17(12-23)6-7-18(21)14-27-10-4-5-19(15-27)22-20(13-24-25-22)16-26-8-2-3-9-26/h6-7,11,13,19H,2-5,8-10,14-16H2,1H3,(H,24,25). The van der Waals surface area contributed by atoms with Crippen LogP contribution in [-0.4, -0.2) is 53.3 Å². The second-order valence-corrected chi connectivity index (χ2v) is 8.00. The molecule has 3 heterocycles. The summed E-state index contributed by atoms with van der Waals surface area (Å²) in [5, 5.41) is 16.8. The molecule has 2 aliphatic heterocycles. The number of piperidine rings is 1. The van der Waals surface area contributed by atoms with Crippen molar-refractivity contribution in [3.05, 3.63) is 46.8 Å². The van der Waals surface area contributed by atoms with E-state index in [1.165, 1.54) is 50.0 Å². The summed E-state index contributed by atoms with van der Waals surface area (Å²) in [6.07, 6.45) is 7.05. The average molecular weight is 380 g/mol. The van der Waals surface area contributed by atoms with Gasteiger partial charge >= 0.3 is 0 Å². The van der Waals surface area contributed by atoms with Crippen molar-refractivity contribution in [3.8, 4) is 11.8 Å². The maximum atomic E-state index is 9.11. The summed E-state index contributed by atoms with van der Waals surface area (Å²) >= 11 is 0. The molecular weight excluding hydrogens is 350 g/mol. The minimum Gasteiger partial charge on any atom is -0.496 e. The van der Waals surface area contributed by atoms with Gasteiger partial charge < -0.3 is 4.74 Å².